The molecule has 0 saturated heterocycles. The van der Waals surface area contributed by atoms with Crippen LogP contribution in [0.15, 0.2) is 12.1 Å². The molecule has 0 N–H and O–H groups in total. The average molecular weight is 292 g/mol. The lowest BCUT2D eigenvalue weighted by Gasteiger charge is -2.25. The molecule has 3 heteroatoms. The van der Waals surface area contributed by atoms with Crippen LogP contribution in [0.5, 0.6) is 17.2 Å². The average Bonchev–Trinajstić information content (AvgIpc) is 2.54. The van der Waals surface area contributed by atoms with Crippen LogP contribution < -0.4 is 14.2 Å². The standard InChI is InChI=1S/C18H28O3/c1-13(10-14-8-6-5-7-9-14)15-11-16(19-2)18(21-4)17(12-15)20-3/h11-14H,5-10H2,1-4H3/t13-/m0/s1. The first kappa shape index (κ1) is 16.0. The van der Waals surface area contributed by atoms with Crippen molar-refractivity contribution in [3.8, 4) is 17.2 Å². The first-order valence-corrected chi connectivity index (χ1v) is 7.99. The van der Waals surface area contributed by atoms with Gasteiger partial charge in [-0.25, -0.2) is 0 Å². The predicted octanol–water partition coefficient (Wildman–Crippen LogP) is 4.79. The molecule has 0 aliphatic heterocycles. The Morgan fingerprint density at radius 3 is 2.00 bits per heavy atom. The Bertz CT molecular complexity index is 425. The molecule has 21 heavy (non-hydrogen) atoms. The molecule has 1 atom stereocenters. The fourth-order valence-electron chi connectivity index (χ4n) is 3.44. The van der Waals surface area contributed by atoms with Crippen molar-refractivity contribution in [3.63, 3.8) is 0 Å². The van der Waals surface area contributed by atoms with Gasteiger partial charge >= 0.3 is 0 Å². The van der Waals surface area contributed by atoms with E-state index in [1.807, 2.05) is 0 Å². The molecule has 118 valence electrons. The molecule has 1 saturated carbocycles. The van der Waals surface area contributed by atoms with Crippen molar-refractivity contribution in [2.75, 3.05) is 21.3 Å². The number of hydrogen-bond acceptors (Lipinski definition) is 3. The molecule has 1 aliphatic carbocycles. The molecule has 1 aromatic carbocycles. The van der Waals surface area contributed by atoms with Crippen LogP contribution >= 0.6 is 0 Å². The zero-order valence-electron chi connectivity index (χ0n) is 13.8. The van der Waals surface area contributed by atoms with Crippen molar-refractivity contribution < 1.29 is 14.2 Å². The van der Waals surface area contributed by atoms with Crippen molar-refractivity contribution in [2.45, 2.75) is 51.4 Å². The number of methoxy groups -OCH3 is 3. The number of ether oxygens (including phenoxy) is 3. The number of rotatable bonds is 6. The van der Waals surface area contributed by atoms with E-state index in [0.717, 1.165) is 17.4 Å². The van der Waals surface area contributed by atoms with Crippen LogP contribution in [0, 0.1) is 5.92 Å². The Labute approximate surface area is 128 Å². The summed E-state index contributed by atoms with van der Waals surface area (Å²) in [7, 11) is 4.99. The SMILES string of the molecule is COc1cc([C@@H](C)CC2CCCCC2)cc(OC)c1OC. The molecule has 2 rings (SSSR count). The van der Waals surface area contributed by atoms with Crippen molar-refractivity contribution in [2.24, 2.45) is 5.92 Å². The molecule has 1 aliphatic rings. The third-order valence-corrected chi connectivity index (χ3v) is 4.67. The molecule has 0 radical (unpaired) electrons. The second kappa shape index (κ2) is 7.58. The van der Waals surface area contributed by atoms with Gasteiger partial charge in [0.05, 0.1) is 21.3 Å². The summed E-state index contributed by atoms with van der Waals surface area (Å²) in [6, 6.07) is 4.18. The summed E-state index contributed by atoms with van der Waals surface area (Å²) < 4.78 is 16.3. The van der Waals surface area contributed by atoms with E-state index in [2.05, 4.69) is 19.1 Å². The predicted molar refractivity (Wildman–Crippen MR) is 85.7 cm³/mol. The normalized spacial score (nSPS) is 17.3. The summed E-state index contributed by atoms with van der Waals surface area (Å²) >= 11 is 0. The quantitative estimate of drug-likeness (QED) is 0.754. The summed E-state index contributed by atoms with van der Waals surface area (Å²) in [5.41, 5.74) is 1.27. The molecule has 0 bridgehead atoms. The molecular weight excluding hydrogens is 264 g/mol. The molecule has 0 aromatic heterocycles. The van der Waals surface area contributed by atoms with Gasteiger partial charge in [0, 0.05) is 0 Å². The summed E-state index contributed by atoms with van der Waals surface area (Å²) in [6.45, 7) is 2.30. The highest BCUT2D eigenvalue weighted by molar-refractivity contribution is 5.54. The highest BCUT2D eigenvalue weighted by atomic mass is 16.5. The van der Waals surface area contributed by atoms with Gasteiger partial charge in [0.25, 0.3) is 0 Å². The van der Waals surface area contributed by atoms with Gasteiger partial charge in [0.15, 0.2) is 11.5 Å². The maximum atomic E-state index is 5.45. The Kier molecular flexibility index (Phi) is 5.77. The van der Waals surface area contributed by atoms with Crippen LogP contribution in [0.4, 0.5) is 0 Å². The fourth-order valence-corrected chi connectivity index (χ4v) is 3.44. The van der Waals surface area contributed by atoms with Crippen LogP contribution in [-0.2, 0) is 0 Å². The maximum absolute atomic E-state index is 5.45. The van der Waals surface area contributed by atoms with Crippen LogP contribution in [0.3, 0.4) is 0 Å². The Balaban J connectivity index is 2.17. The molecule has 1 fully saturated rings. The van der Waals surface area contributed by atoms with E-state index < -0.39 is 0 Å². The first-order chi connectivity index (χ1) is 10.2. The third-order valence-electron chi connectivity index (χ3n) is 4.67. The Morgan fingerprint density at radius 2 is 1.52 bits per heavy atom. The summed E-state index contributed by atoms with van der Waals surface area (Å²) in [4.78, 5) is 0. The molecule has 0 unspecified atom stereocenters. The van der Waals surface area contributed by atoms with Crippen molar-refractivity contribution in [3.05, 3.63) is 17.7 Å². The minimum Gasteiger partial charge on any atom is -0.493 e. The van der Waals surface area contributed by atoms with Gasteiger partial charge in [-0.1, -0.05) is 39.0 Å². The van der Waals surface area contributed by atoms with Gasteiger partial charge in [-0.05, 0) is 36.0 Å². The van der Waals surface area contributed by atoms with Crippen molar-refractivity contribution >= 4 is 0 Å². The van der Waals surface area contributed by atoms with E-state index in [1.54, 1.807) is 21.3 Å². The van der Waals surface area contributed by atoms with E-state index in [4.69, 9.17) is 14.2 Å². The largest absolute Gasteiger partial charge is 0.493 e. The van der Waals surface area contributed by atoms with Gasteiger partial charge in [-0.3, -0.25) is 0 Å². The minimum atomic E-state index is 0.516. The lowest BCUT2D eigenvalue weighted by Crippen LogP contribution is -2.10. The summed E-state index contributed by atoms with van der Waals surface area (Å²) in [5, 5.41) is 0. The van der Waals surface area contributed by atoms with E-state index >= 15 is 0 Å². The van der Waals surface area contributed by atoms with Crippen molar-refractivity contribution in [1.82, 2.24) is 0 Å². The molecule has 0 heterocycles. The lowest BCUT2D eigenvalue weighted by molar-refractivity contribution is 0.315. The Hall–Kier alpha value is -1.38. The highest BCUT2D eigenvalue weighted by Crippen LogP contribution is 2.42. The molecule has 3 nitrogen and oxygen atoms in total. The topological polar surface area (TPSA) is 27.7 Å². The summed E-state index contributed by atoms with van der Waals surface area (Å²) in [5.74, 6) is 3.56. The second-order valence-corrected chi connectivity index (χ2v) is 6.10. The van der Waals surface area contributed by atoms with Gasteiger partial charge in [0.2, 0.25) is 5.75 Å². The molecule has 1 aromatic rings. The maximum Gasteiger partial charge on any atom is 0.203 e. The van der Waals surface area contributed by atoms with E-state index in [-0.39, 0.29) is 0 Å². The van der Waals surface area contributed by atoms with Crippen LogP contribution in [0.25, 0.3) is 0 Å². The summed E-state index contributed by atoms with van der Waals surface area (Å²) in [6.07, 6.45) is 8.22. The fraction of sp³-hybridized carbons (Fsp3) is 0.667. The van der Waals surface area contributed by atoms with E-state index in [1.165, 1.54) is 44.1 Å². The monoisotopic (exact) mass is 292 g/mol. The smallest absolute Gasteiger partial charge is 0.203 e. The van der Waals surface area contributed by atoms with Crippen LogP contribution in [0.1, 0.15) is 56.9 Å². The number of hydrogen-bond donors (Lipinski definition) is 0. The van der Waals surface area contributed by atoms with Gasteiger partial charge < -0.3 is 14.2 Å². The lowest BCUT2D eigenvalue weighted by atomic mass is 9.81. The molecule has 0 spiro atoms. The molecular formula is C18H28O3. The van der Waals surface area contributed by atoms with E-state index in [9.17, 15) is 0 Å². The van der Waals surface area contributed by atoms with Gasteiger partial charge in [-0.15, -0.1) is 0 Å². The third kappa shape index (κ3) is 3.84. The van der Waals surface area contributed by atoms with Crippen LogP contribution in [-0.4, -0.2) is 21.3 Å². The zero-order valence-corrected chi connectivity index (χ0v) is 13.8. The first-order valence-electron chi connectivity index (χ1n) is 7.99. The van der Waals surface area contributed by atoms with Gasteiger partial charge in [-0.2, -0.15) is 0 Å². The zero-order chi connectivity index (χ0) is 15.2. The molecule has 0 amide bonds. The van der Waals surface area contributed by atoms with E-state index in [0.29, 0.717) is 11.7 Å². The minimum absolute atomic E-state index is 0.516. The van der Waals surface area contributed by atoms with Crippen molar-refractivity contribution in [1.29, 1.82) is 0 Å². The van der Waals surface area contributed by atoms with Gasteiger partial charge in [0.1, 0.15) is 0 Å². The number of benzene rings is 1. The Morgan fingerprint density at radius 1 is 0.952 bits per heavy atom. The highest BCUT2D eigenvalue weighted by Gasteiger charge is 2.20. The second-order valence-electron chi connectivity index (χ2n) is 6.10. The van der Waals surface area contributed by atoms with Crippen LogP contribution in [0.2, 0.25) is 0 Å².